The highest BCUT2D eigenvalue weighted by molar-refractivity contribution is 7.86. The quantitative estimate of drug-likeness (QED) is 0.904. The van der Waals surface area contributed by atoms with Gasteiger partial charge in [0.2, 0.25) is 0 Å². The van der Waals surface area contributed by atoms with Crippen molar-refractivity contribution in [2.45, 2.75) is 17.9 Å². The molecule has 0 heterocycles. The Bertz CT molecular complexity index is 584. The van der Waals surface area contributed by atoms with Crippen LogP contribution in [0, 0.1) is 5.82 Å². The van der Waals surface area contributed by atoms with Crippen molar-refractivity contribution in [1.29, 1.82) is 0 Å². The van der Waals surface area contributed by atoms with E-state index in [1.165, 1.54) is 24.3 Å². The maximum absolute atomic E-state index is 12.8. The minimum atomic E-state index is -1.45. The molecule has 0 bridgehead atoms. The summed E-state index contributed by atoms with van der Waals surface area (Å²) in [6, 6.07) is 12.5. The highest BCUT2D eigenvalue weighted by atomic mass is 32.2. The van der Waals surface area contributed by atoms with E-state index in [0.29, 0.717) is 16.1 Å². The van der Waals surface area contributed by atoms with Crippen molar-refractivity contribution >= 4 is 16.7 Å². The van der Waals surface area contributed by atoms with Crippen molar-refractivity contribution in [3.63, 3.8) is 0 Å². The molecule has 0 amide bonds. The number of aliphatic hydroxyl groups excluding tert-OH is 1. The zero-order chi connectivity index (χ0) is 13.8. The second-order valence-corrected chi connectivity index (χ2v) is 5.34. The molecule has 0 saturated carbocycles. The molecule has 0 aliphatic rings. The van der Waals surface area contributed by atoms with Crippen LogP contribution in [0.2, 0.25) is 0 Å². The van der Waals surface area contributed by atoms with E-state index in [1.807, 2.05) is 0 Å². The summed E-state index contributed by atoms with van der Waals surface area (Å²) < 4.78 is 27.6. The van der Waals surface area contributed by atoms with Crippen molar-refractivity contribution in [2.24, 2.45) is 0 Å². The summed E-state index contributed by atoms with van der Waals surface area (Å²) in [5, 5.41) is 9.49. The Labute approximate surface area is 113 Å². The van der Waals surface area contributed by atoms with Crippen molar-refractivity contribution in [3.05, 3.63) is 59.9 Å². The van der Waals surface area contributed by atoms with Crippen LogP contribution in [0.4, 0.5) is 10.1 Å². The first-order valence-corrected chi connectivity index (χ1v) is 6.93. The van der Waals surface area contributed by atoms with Gasteiger partial charge in [-0.3, -0.25) is 0 Å². The monoisotopic (exact) mass is 279 g/mol. The largest absolute Gasteiger partial charge is 0.389 e. The summed E-state index contributed by atoms with van der Waals surface area (Å²) in [5.41, 5.74) is 1.27. The number of hydrogen-bond donors (Lipinski definition) is 2. The summed E-state index contributed by atoms with van der Waals surface area (Å²) in [4.78, 5) is 0.558. The van der Waals surface area contributed by atoms with Crippen LogP contribution in [0.1, 0.15) is 18.6 Å². The molecule has 2 unspecified atom stereocenters. The molecule has 2 atom stereocenters. The number of anilines is 1. The zero-order valence-electron chi connectivity index (χ0n) is 10.3. The van der Waals surface area contributed by atoms with Gasteiger partial charge in [0.05, 0.1) is 11.0 Å². The lowest BCUT2D eigenvalue weighted by Gasteiger charge is -2.09. The Morgan fingerprint density at radius 1 is 1.21 bits per heavy atom. The first-order valence-electron chi connectivity index (χ1n) is 5.78. The summed E-state index contributed by atoms with van der Waals surface area (Å²) in [6.07, 6.45) is -0.609. The SMILES string of the molecule is CC(O)c1cccc(S(=O)Nc2ccc(F)cc2)c1. The van der Waals surface area contributed by atoms with E-state index in [1.54, 1.807) is 31.2 Å². The zero-order valence-corrected chi connectivity index (χ0v) is 11.2. The second kappa shape index (κ2) is 5.95. The van der Waals surface area contributed by atoms with Gasteiger partial charge in [-0.2, -0.15) is 0 Å². The van der Waals surface area contributed by atoms with E-state index in [-0.39, 0.29) is 5.82 Å². The van der Waals surface area contributed by atoms with E-state index in [4.69, 9.17) is 0 Å². The first kappa shape index (κ1) is 13.7. The molecule has 3 nitrogen and oxygen atoms in total. The van der Waals surface area contributed by atoms with E-state index < -0.39 is 17.1 Å². The number of aliphatic hydroxyl groups is 1. The Morgan fingerprint density at radius 3 is 2.53 bits per heavy atom. The van der Waals surface area contributed by atoms with Gasteiger partial charge in [0.25, 0.3) is 0 Å². The molecule has 100 valence electrons. The number of halogens is 1. The molecule has 2 rings (SSSR count). The lowest BCUT2D eigenvalue weighted by Crippen LogP contribution is -2.05. The number of nitrogens with one attached hydrogen (secondary N) is 1. The molecular weight excluding hydrogens is 265 g/mol. The van der Waals surface area contributed by atoms with Crippen LogP contribution in [0.15, 0.2) is 53.4 Å². The fraction of sp³-hybridized carbons (Fsp3) is 0.143. The highest BCUT2D eigenvalue weighted by Crippen LogP contribution is 2.18. The third kappa shape index (κ3) is 3.62. The highest BCUT2D eigenvalue weighted by Gasteiger charge is 2.07. The van der Waals surface area contributed by atoms with Crippen LogP contribution >= 0.6 is 0 Å². The summed E-state index contributed by atoms with van der Waals surface area (Å²) in [7, 11) is -1.45. The van der Waals surface area contributed by atoms with Crippen LogP contribution in [0.25, 0.3) is 0 Å². The first-order chi connectivity index (χ1) is 9.06. The van der Waals surface area contributed by atoms with Gasteiger partial charge in [-0.05, 0) is 48.9 Å². The molecule has 0 aliphatic heterocycles. The van der Waals surface area contributed by atoms with E-state index in [2.05, 4.69) is 4.72 Å². The van der Waals surface area contributed by atoms with Crippen LogP contribution in [-0.2, 0) is 11.0 Å². The van der Waals surface area contributed by atoms with Crippen molar-refractivity contribution in [3.8, 4) is 0 Å². The molecule has 2 aromatic rings. The third-order valence-electron chi connectivity index (χ3n) is 2.61. The lowest BCUT2D eigenvalue weighted by atomic mass is 10.1. The molecule has 0 spiro atoms. The molecule has 0 saturated heterocycles. The van der Waals surface area contributed by atoms with Crippen LogP contribution in [0.5, 0.6) is 0 Å². The molecule has 0 aliphatic carbocycles. The number of rotatable bonds is 4. The molecule has 0 aromatic heterocycles. The Hall–Kier alpha value is -1.72. The summed E-state index contributed by atoms with van der Waals surface area (Å²) in [5.74, 6) is -0.340. The maximum Gasteiger partial charge on any atom is 0.150 e. The minimum Gasteiger partial charge on any atom is -0.389 e. The van der Waals surface area contributed by atoms with Crippen LogP contribution in [-0.4, -0.2) is 9.32 Å². The van der Waals surface area contributed by atoms with E-state index in [9.17, 15) is 13.7 Å². The Kier molecular flexibility index (Phi) is 4.29. The number of benzene rings is 2. The fourth-order valence-corrected chi connectivity index (χ4v) is 2.49. The Morgan fingerprint density at radius 2 is 1.89 bits per heavy atom. The predicted octanol–water partition coefficient (Wildman–Crippen LogP) is 3.01. The van der Waals surface area contributed by atoms with Gasteiger partial charge in [-0.1, -0.05) is 12.1 Å². The average molecular weight is 279 g/mol. The molecule has 2 N–H and O–H groups in total. The van der Waals surface area contributed by atoms with Gasteiger partial charge < -0.3 is 9.83 Å². The predicted molar refractivity (Wildman–Crippen MR) is 73.5 cm³/mol. The van der Waals surface area contributed by atoms with Gasteiger partial charge in [0.1, 0.15) is 16.8 Å². The maximum atomic E-state index is 12.8. The normalized spacial score (nSPS) is 13.8. The van der Waals surface area contributed by atoms with E-state index in [0.717, 1.165) is 0 Å². The third-order valence-corrected chi connectivity index (χ3v) is 3.71. The van der Waals surface area contributed by atoms with Gasteiger partial charge in [-0.25, -0.2) is 8.60 Å². The van der Waals surface area contributed by atoms with Crippen LogP contribution < -0.4 is 4.72 Å². The molecule has 5 heteroatoms. The second-order valence-electron chi connectivity index (χ2n) is 4.13. The standard InChI is InChI=1S/C14H14FNO2S/c1-10(17)11-3-2-4-14(9-11)19(18)16-13-7-5-12(15)6-8-13/h2-10,16-17H,1H3. The van der Waals surface area contributed by atoms with Crippen LogP contribution in [0.3, 0.4) is 0 Å². The van der Waals surface area contributed by atoms with E-state index >= 15 is 0 Å². The van der Waals surface area contributed by atoms with Crippen molar-refractivity contribution in [2.75, 3.05) is 4.72 Å². The van der Waals surface area contributed by atoms with Gasteiger partial charge in [0.15, 0.2) is 0 Å². The smallest absolute Gasteiger partial charge is 0.150 e. The van der Waals surface area contributed by atoms with Crippen molar-refractivity contribution in [1.82, 2.24) is 0 Å². The molecular formula is C14H14FNO2S. The lowest BCUT2D eigenvalue weighted by molar-refractivity contribution is 0.199. The summed E-state index contributed by atoms with van der Waals surface area (Å²) >= 11 is 0. The molecule has 0 fully saturated rings. The minimum absolute atomic E-state index is 0.340. The number of hydrogen-bond acceptors (Lipinski definition) is 2. The average Bonchev–Trinajstić information content (AvgIpc) is 2.41. The topological polar surface area (TPSA) is 49.3 Å². The molecule has 0 radical (unpaired) electrons. The fourth-order valence-electron chi connectivity index (χ4n) is 1.57. The summed E-state index contributed by atoms with van der Waals surface area (Å²) in [6.45, 7) is 1.65. The van der Waals surface area contributed by atoms with Gasteiger partial charge in [0, 0.05) is 5.69 Å². The van der Waals surface area contributed by atoms with Gasteiger partial charge >= 0.3 is 0 Å². The Balaban J connectivity index is 2.15. The van der Waals surface area contributed by atoms with Gasteiger partial charge in [-0.15, -0.1) is 0 Å². The van der Waals surface area contributed by atoms with Crippen molar-refractivity contribution < 1.29 is 13.7 Å². The molecule has 19 heavy (non-hydrogen) atoms. The molecule has 2 aromatic carbocycles.